The van der Waals surface area contributed by atoms with Gasteiger partial charge in [0.1, 0.15) is 0 Å². The number of nitrogens with zero attached hydrogens (tertiary/aromatic N) is 1. The van der Waals surface area contributed by atoms with Crippen molar-refractivity contribution in [3.63, 3.8) is 0 Å². The minimum atomic E-state index is 0. The summed E-state index contributed by atoms with van der Waals surface area (Å²) in [6.45, 7) is 4.24. The predicted octanol–water partition coefficient (Wildman–Crippen LogP) is 4.37. The molecule has 116 valence electrons. The highest BCUT2D eigenvalue weighted by molar-refractivity contribution is 14.0. The number of anilines is 1. The number of aliphatic imine (C=N–C) groups is 1. The lowest BCUT2D eigenvalue weighted by atomic mass is 9.63. The molecule has 2 aliphatic carbocycles. The van der Waals surface area contributed by atoms with E-state index in [4.69, 9.17) is 10.7 Å². The molecule has 1 aromatic carbocycles. The monoisotopic (exact) mass is 399 g/mol. The molecule has 1 unspecified atom stereocenters. The van der Waals surface area contributed by atoms with Crippen molar-refractivity contribution in [1.29, 1.82) is 0 Å². The fourth-order valence-electron chi connectivity index (χ4n) is 3.71. The highest BCUT2D eigenvalue weighted by atomic mass is 127. The zero-order valence-corrected chi connectivity index (χ0v) is 15.3. The first-order valence-corrected chi connectivity index (χ1v) is 7.77. The van der Waals surface area contributed by atoms with Gasteiger partial charge in [0.25, 0.3) is 0 Å². The van der Waals surface area contributed by atoms with Crippen molar-refractivity contribution in [3.8, 4) is 0 Å². The topological polar surface area (TPSA) is 50.4 Å². The third-order valence-corrected chi connectivity index (χ3v) is 5.30. The quantitative estimate of drug-likeness (QED) is 0.441. The molecule has 1 aromatic rings. The van der Waals surface area contributed by atoms with Gasteiger partial charge in [-0.2, -0.15) is 0 Å². The lowest BCUT2D eigenvalue weighted by molar-refractivity contribution is 0.104. The van der Waals surface area contributed by atoms with Gasteiger partial charge in [-0.15, -0.1) is 24.0 Å². The van der Waals surface area contributed by atoms with E-state index in [0.29, 0.717) is 17.4 Å². The molecule has 1 spiro atoms. The van der Waals surface area contributed by atoms with Gasteiger partial charge in [-0.3, -0.25) is 0 Å². The number of rotatable bonds is 2. The number of aryl methyl sites for hydroxylation is 2. The van der Waals surface area contributed by atoms with Crippen LogP contribution in [-0.2, 0) is 0 Å². The Labute approximate surface area is 144 Å². The summed E-state index contributed by atoms with van der Waals surface area (Å²) in [6.07, 6.45) is 7.98. The Balaban J connectivity index is 0.00000161. The molecule has 2 aliphatic rings. The van der Waals surface area contributed by atoms with Crippen molar-refractivity contribution in [2.45, 2.75) is 58.4 Å². The summed E-state index contributed by atoms with van der Waals surface area (Å²) in [7, 11) is 0. The van der Waals surface area contributed by atoms with Crippen molar-refractivity contribution < 1.29 is 0 Å². The molecular weight excluding hydrogens is 373 g/mol. The molecule has 0 heterocycles. The van der Waals surface area contributed by atoms with E-state index < -0.39 is 0 Å². The molecule has 0 radical (unpaired) electrons. The van der Waals surface area contributed by atoms with E-state index >= 15 is 0 Å². The van der Waals surface area contributed by atoms with Gasteiger partial charge in [0.2, 0.25) is 0 Å². The molecule has 21 heavy (non-hydrogen) atoms. The van der Waals surface area contributed by atoms with Crippen molar-refractivity contribution in [1.82, 2.24) is 0 Å². The van der Waals surface area contributed by atoms with Crippen LogP contribution in [0.2, 0.25) is 0 Å². The zero-order valence-electron chi connectivity index (χ0n) is 13.0. The van der Waals surface area contributed by atoms with E-state index in [2.05, 4.69) is 37.4 Å². The number of benzene rings is 1. The molecule has 3 N–H and O–H groups in total. The molecule has 3 nitrogen and oxygen atoms in total. The lowest BCUT2D eigenvalue weighted by Gasteiger charge is -2.45. The summed E-state index contributed by atoms with van der Waals surface area (Å²) in [5.74, 6) is 0.573. The fraction of sp³-hybridized carbons (Fsp3) is 0.588. The number of nitrogens with one attached hydrogen (secondary N) is 1. The lowest BCUT2D eigenvalue weighted by Crippen LogP contribution is -2.43. The third-order valence-electron chi connectivity index (χ3n) is 5.30. The van der Waals surface area contributed by atoms with Crippen molar-refractivity contribution in [2.75, 3.05) is 5.32 Å². The van der Waals surface area contributed by atoms with Gasteiger partial charge in [0.15, 0.2) is 5.96 Å². The maximum absolute atomic E-state index is 6.09. The zero-order chi connectivity index (χ0) is 14.2. The summed E-state index contributed by atoms with van der Waals surface area (Å²) >= 11 is 0. The SMILES string of the molecule is Cc1ccc(NC(N)=NC2CCC23CCCC3)cc1C.I. The number of guanidine groups is 1. The summed E-state index contributed by atoms with van der Waals surface area (Å²) < 4.78 is 0. The van der Waals surface area contributed by atoms with Crippen LogP contribution in [0.3, 0.4) is 0 Å². The van der Waals surface area contributed by atoms with Crippen LogP contribution in [0.1, 0.15) is 49.7 Å². The van der Waals surface area contributed by atoms with Crippen molar-refractivity contribution in [2.24, 2.45) is 16.1 Å². The number of hydrogen-bond acceptors (Lipinski definition) is 1. The first-order chi connectivity index (χ1) is 9.59. The molecule has 0 aromatic heterocycles. The van der Waals surface area contributed by atoms with Gasteiger partial charge < -0.3 is 11.1 Å². The Morgan fingerprint density at radius 3 is 2.48 bits per heavy atom. The second kappa shape index (κ2) is 6.55. The van der Waals surface area contributed by atoms with Crippen LogP contribution in [0.5, 0.6) is 0 Å². The molecule has 4 heteroatoms. The van der Waals surface area contributed by atoms with Gasteiger partial charge in [0.05, 0.1) is 6.04 Å². The van der Waals surface area contributed by atoms with Crippen molar-refractivity contribution in [3.05, 3.63) is 29.3 Å². The largest absolute Gasteiger partial charge is 0.370 e. The van der Waals surface area contributed by atoms with Crippen LogP contribution in [0.4, 0.5) is 5.69 Å². The molecule has 3 rings (SSSR count). The maximum atomic E-state index is 6.09. The van der Waals surface area contributed by atoms with Crippen LogP contribution >= 0.6 is 24.0 Å². The summed E-state index contributed by atoms with van der Waals surface area (Å²) in [5.41, 5.74) is 10.2. The molecule has 2 saturated carbocycles. The summed E-state index contributed by atoms with van der Waals surface area (Å²) in [6, 6.07) is 6.76. The average molecular weight is 399 g/mol. The Kier molecular flexibility index (Phi) is 5.17. The van der Waals surface area contributed by atoms with Gasteiger partial charge in [-0.05, 0) is 68.2 Å². The number of nitrogens with two attached hydrogens (primary N) is 1. The smallest absolute Gasteiger partial charge is 0.193 e. The first-order valence-electron chi connectivity index (χ1n) is 7.77. The Bertz CT molecular complexity index is 533. The molecule has 2 fully saturated rings. The van der Waals surface area contributed by atoms with Gasteiger partial charge >= 0.3 is 0 Å². The van der Waals surface area contributed by atoms with Crippen LogP contribution in [0.25, 0.3) is 0 Å². The van der Waals surface area contributed by atoms with E-state index in [1.54, 1.807) is 0 Å². The second-order valence-electron chi connectivity index (χ2n) is 6.56. The van der Waals surface area contributed by atoms with Crippen molar-refractivity contribution >= 4 is 35.6 Å². The minimum Gasteiger partial charge on any atom is -0.370 e. The van der Waals surface area contributed by atoms with E-state index in [1.807, 2.05) is 0 Å². The van der Waals surface area contributed by atoms with E-state index in [-0.39, 0.29) is 24.0 Å². The average Bonchev–Trinajstić information content (AvgIpc) is 2.91. The molecule has 0 aliphatic heterocycles. The standard InChI is InChI=1S/C17H25N3.HI/c1-12-5-6-14(11-13(12)2)19-16(18)20-15-7-10-17(15)8-3-4-9-17;/h5-6,11,15H,3-4,7-10H2,1-2H3,(H3,18,19,20);1H. The van der Waals surface area contributed by atoms with Gasteiger partial charge in [0, 0.05) is 5.69 Å². The second-order valence-corrected chi connectivity index (χ2v) is 6.56. The Morgan fingerprint density at radius 2 is 1.90 bits per heavy atom. The van der Waals surface area contributed by atoms with Crippen LogP contribution in [-0.4, -0.2) is 12.0 Å². The van der Waals surface area contributed by atoms with E-state index in [0.717, 1.165) is 5.69 Å². The highest BCUT2D eigenvalue weighted by Crippen LogP contribution is 2.54. The van der Waals surface area contributed by atoms with Gasteiger partial charge in [-0.25, -0.2) is 4.99 Å². The van der Waals surface area contributed by atoms with Gasteiger partial charge in [-0.1, -0.05) is 18.9 Å². The summed E-state index contributed by atoms with van der Waals surface area (Å²) in [4.78, 5) is 4.75. The normalized spacial score (nSPS) is 23.5. The Morgan fingerprint density at radius 1 is 1.19 bits per heavy atom. The first kappa shape index (κ1) is 16.6. The van der Waals surface area contributed by atoms with Crippen LogP contribution in [0, 0.1) is 19.3 Å². The maximum Gasteiger partial charge on any atom is 0.193 e. The van der Waals surface area contributed by atoms with Crippen LogP contribution in [0.15, 0.2) is 23.2 Å². The third kappa shape index (κ3) is 3.35. The fourth-order valence-corrected chi connectivity index (χ4v) is 3.71. The van der Waals surface area contributed by atoms with Crippen LogP contribution < -0.4 is 11.1 Å². The molecule has 0 amide bonds. The molecular formula is C17H26IN3. The molecule has 0 saturated heterocycles. The predicted molar refractivity (Wildman–Crippen MR) is 100 cm³/mol. The minimum absolute atomic E-state index is 0. The highest BCUT2D eigenvalue weighted by Gasteiger charge is 2.48. The number of halogens is 1. The molecule has 0 bridgehead atoms. The number of hydrogen-bond donors (Lipinski definition) is 2. The Hall–Kier alpha value is -0.780. The molecule has 1 atom stereocenters. The summed E-state index contributed by atoms with van der Waals surface area (Å²) in [5, 5.41) is 3.24. The van der Waals surface area contributed by atoms with E-state index in [9.17, 15) is 0 Å². The van der Waals surface area contributed by atoms with E-state index in [1.165, 1.54) is 49.7 Å².